The van der Waals surface area contributed by atoms with E-state index >= 15 is 0 Å². The fraction of sp³-hybridized carbons (Fsp3) is 0.138. The summed E-state index contributed by atoms with van der Waals surface area (Å²) in [4.78, 5) is 15.7. The van der Waals surface area contributed by atoms with Gasteiger partial charge in [-0.15, -0.1) is 0 Å². The Hall–Kier alpha value is -3.57. The molecule has 2 heterocycles. The number of aryl methyl sites for hydroxylation is 1. The third-order valence-electron chi connectivity index (χ3n) is 6.27. The van der Waals surface area contributed by atoms with Gasteiger partial charge in [0.25, 0.3) is 5.91 Å². The second kappa shape index (κ2) is 10.9. The van der Waals surface area contributed by atoms with Gasteiger partial charge >= 0.3 is 0 Å². The quantitative estimate of drug-likeness (QED) is 0.214. The van der Waals surface area contributed by atoms with Crippen molar-refractivity contribution in [3.05, 3.63) is 107 Å². The molecule has 0 atom stereocenters. The molecule has 4 aromatic rings. The number of thioether (sulfide) groups is 1. The highest BCUT2D eigenvalue weighted by molar-refractivity contribution is 8.26. The van der Waals surface area contributed by atoms with Gasteiger partial charge in [-0.25, -0.2) is 17.4 Å². The number of nitrogens with zero attached hydrogens (tertiary/aromatic N) is 4. The molecule has 0 saturated carbocycles. The SMILES string of the molecule is Cc1ccc(CN2C(=O)/C(=C/c3cn(-c4ccccc4)nc3-c3cccc(S(=O)(=O)N(C)C)c3)SC2=S)cc1. The highest BCUT2D eigenvalue weighted by Gasteiger charge is 2.32. The van der Waals surface area contributed by atoms with Gasteiger partial charge in [0.15, 0.2) is 0 Å². The molecule has 1 aromatic heterocycles. The minimum atomic E-state index is -3.64. The van der Waals surface area contributed by atoms with Crippen LogP contribution in [0.2, 0.25) is 0 Å². The van der Waals surface area contributed by atoms with Crippen LogP contribution in [0.3, 0.4) is 0 Å². The molecule has 1 aliphatic rings. The smallest absolute Gasteiger partial charge is 0.266 e. The lowest BCUT2D eigenvalue weighted by atomic mass is 10.1. The Kier molecular flexibility index (Phi) is 7.55. The molecule has 5 rings (SSSR count). The van der Waals surface area contributed by atoms with Gasteiger partial charge in [-0.1, -0.05) is 84.1 Å². The standard InChI is InChI=1S/C29H26N4O3S3/c1-20-12-14-21(15-13-20)18-32-28(34)26(38-29(32)37)17-23-19-33(24-9-5-4-6-10-24)30-27(23)22-8-7-11-25(16-22)39(35,36)31(2)3/h4-17,19H,18H2,1-3H3/b26-17-. The van der Waals surface area contributed by atoms with Gasteiger partial charge in [-0.2, -0.15) is 5.10 Å². The molecule has 3 aromatic carbocycles. The average molecular weight is 575 g/mol. The molecule has 1 saturated heterocycles. The molecular formula is C29H26N4O3S3. The van der Waals surface area contributed by atoms with E-state index in [0.29, 0.717) is 32.6 Å². The molecule has 0 radical (unpaired) electrons. The second-order valence-electron chi connectivity index (χ2n) is 9.28. The minimum Gasteiger partial charge on any atom is -0.288 e. The number of benzene rings is 3. The Morgan fingerprint density at radius 3 is 2.41 bits per heavy atom. The van der Waals surface area contributed by atoms with Crippen LogP contribution < -0.4 is 0 Å². The number of sulfonamides is 1. The molecule has 7 nitrogen and oxygen atoms in total. The maximum Gasteiger partial charge on any atom is 0.266 e. The van der Waals surface area contributed by atoms with Crippen molar-refractivity contribution in [2.24, 2.45) is 0 Å². The van der Waals surface area contributed by atoms with Crippen LogP contribution in [0.25, 0.3) is 23.0 Å². The van der Waals surface area contributed by atoms with Crippen LogP contribution in [0.5, 0.6) is 0 Å². The van der Waals surface area contributed by atoms with Crippen LogP contribution in [0.4, 0.5) is 0 Å². The van der Waals surface area contributed by atoms with E-state index in [0.717, 1.165) is 16.8 Å². The molecule has 39 heavy (non-hydrogen) atoms. The first kappa shape index (κ1) is 27.0. The molecule has 0 N–H and O–H groups in total. The zero-order valence-electron chi connectivity index (χ0n) is 21.6. The summed E-state index contributed by atoms with van der Waals surface area (Å²) >= 11 is 6.81. The van der Waals surface area contributed by atoms with Crippen LogP contribution >= 0.6 is 24.0 Å². The number of hydrogen-bond donors (Lipinski definition) is 0. The van der Waals surface area contributed by atoms with Crippen LogP contribution in [0, 0.1) is 6.92 Å². The van der Waals surface area contributed by atoms with E-state index in [1.165, 1.54) is 30.2 Å². The predicted octanol–water partition coefficient (Wildman–Crippen LogP) is 5.50. The maximum atomic E-state index is 13.4. The van der Waals surface area contributed by atoms with E-state index in [1.54, 1.807) is 33.9 Å². The van der Waals surface area contributed by atoms with Gasteiger partial charge in [-0.3, -0.25) is 9.69 Å². The Morgan fingerprint density at radius 2 is 1.72 bits per heavy atom. The fourth-order valence-corrected chi connectivity index (χ4v) is 6.29. The fourth-order valence-electron chi connectivity index (χ4n) is 4.10. The lowest BCUT2D eigenvalue weighted by molar-refractivity contribution is -0.122. The first-order valence-electron chi connectivity index (χ1n) is 12.1. The van der Waals surface area contributed by atoms with E-state index in [-0.39, 0.29) is 10.8 Å². The first-order valence-corrected chi connectivity index (χ1v) is 14.8. The third-order valence-corrected chi connectivity index (χ3v) is 9.46. The van der Waals surface area contributed by atoms with Crippen molar-refractivity contribution >= 4 is 50.3 Å². The van der Waals surface area contributed by atoms with Crippen molar-refractivity contribution in [1.29, 1.82) is 0 Å². The molecule has 1 fully saturated rings. The van der Waals surface area contributed by atoms with E-state index in [1.807, 2.05) is 73.8 Å². The zero-order chi connectivity index (χ0) is 27.7. The molecule has 0 unspecified atom stereocenters. The maximum absolute atomic E-state index is 13.4. The molecule has 0 spiro atoms. The van der Waals surface area contributed by atoms with Gasteiger partial charge in [0.05, 0.1) is 22.0 Å². The van der Waals surface area contributed by atoms with Gasteiger partial charge in [-0.05, 0) is 42.8 Å². The van der Waals surface area contributed by atoms with Gasteiger partial charge in [0.1, 0.15) is 10.0 Å². The lowest BCUT2D eigenvalue weighted by Gasteiger charge is -2.14. The van der Waals surface area contributed by atoms with Gasteiger partial charge < -0.3 is 0 Å². The normalized spacial score (nSPS) is 15.1. The number of hydrogen-bond acceptors (Lipinski definition) is 6. The predicted molar refractivity (Wildman–Crippen MR) is 160 cm³/mol. The molecule has 1 amide bonds. The van der Waals surface area contributed by atoms with E-state index in [4.69, 9.17) is 17.3 Å². The van der Waals surface area contributed by atoms with E-state index in [9.17, 15) is 13.2 Å². The second-order valence-corrected chi connectivity index (χ2v) is 13.1. The zero-order valence-corrected chi connectivity index (χ0v) is 24.1. The number of rotatable bonds is 7. The number of para-hydroxylation sites is 1. The summed E-state index contributed by atoms with van der Waals surface area (Å²) in [5.74, 6) is -0.173. The lowest BCUT2D eigenvalue weighted by Crippen LogP contribution is -2.27. The van der Waals surface area contributed by atoms with E-state index in [2.05, 4.69) is 0 Å². The van der Waals surface area contributed by atoms with Crippen LogP contribution in [-0.4, -0.2) is 51.7 Å². The summed E-state index contributed by atoms with van der Waals surface area (Å²) in [5, 5.41) is 4.80. The van der Waals surface area contributed by atoms with E-state index < -0.39 is 10.0 Å². The summed E-state index contributed by atoms with van der Waals surface area (Å²) in [6.45, 7) is 2.41. The summed E-state index contributed by atoms with van der Waals surface area (Å²) in [5.41, 5.74) is 4.83. The topological polar surface area (TPSA) is 75.5 Å². The van der Waals surface area contributed by atoms with Crippen molar-refractivity contribution in [2.75, 3.05) is 14.1 Å². The number of aromatic nitrogens is 2. The summed E-state index contributed by atoms with van der Waals surface area (Å²) < 4.78 is 29.0. The van der Waals surface area contributed by atoms with Crippen LogP contribution in [-0.2, 0) is 21.4 Å². The molecule has 0 bridgehead atoms. The Bertz CT molecular complexity index is 1690. The highest BCUT2D eigenvalue weighted by Crippen LogP contribution is 2.36. The number of carbonyl (C=O) groups excluding carboxylic acids is 1. The van der Waals surface area contributed by atoms with Crippen LogP contribution in [0.1, 0.15) is 16.7 Å². The molecule has 1 aliphatic heterocycles. The van der Waals surface area contributed by atoms with Crippen molar-refractivity contribution in [1.82, 2.24) is 19.0 Å². The van der Waals surface area contributed by atoms with Crippen LogP contribution in [0.15, 0.2) is 94.9 Å². The number of carbonyl (C=O) groups is 1. The van der Waals surface area contributed by atoms with Crippen molar-refractivity contribution in [3.8, 4) is 16.9 Å². The molecular weight excluding hydrogens is 549 g/mol. The Labute approximate surface area is 237 Å². The Balaban J connectivity index is 1.56. The third kappa shape index (κ3) is 5.60. The molecule has 10 heteroatoms. The highest BCUT2D eigenvalue weighted by atomic mass is 32.2. The van der Waals surface area contributed by atoms with Gasteiger partial charge in [0, 0.05) is 31.4 Å². The summed E-state index contributed by atoms with van der Waals surface area (Å²) in [6, 6.07) is 24.3. The van der Waals surface area contributed by atoms with Crippen molar-refractivity contribution < 1.29 is 13.2 Å². The largest absolute Gasteiger partial charge is 0.288 e. The molecule has 198 valence electrons. The molecule has 0 aliphatic carbocycles. The van der Waals surface area contributed by atoms with Crippen molar-refractivity contribution in [2.45, 2.75) is 18.4 Å². The average Bonchev–Trinajstić information content (AvgIpc) is 3.47. The summed E-state index contributed by atoms with van der Waals surface area (Å²) in [6.07, 6.45) is 3.62. The minimum absolute atomic E-state index is 0.162. The number of thiocarbonyl (C=S) groups is 1. The first-order chi connectivity index (χ1) is 18.6. The van der Waals surface area contributed by atoms with Gasteiger partial charge in [0.2, 0.25) is 10.0 Å². The van der Waals surface area contributed by atoms with Crippen molar-refractivity contribution in [3.63, 3.8) is 0 Å². The number of amides is 1. The summed E-state index contributed by atoms with van der Waals surface area (Å²) in [7, 11) is -0.650. The monoisotopic (exact) mass is 574 g/mol. The Morgan fingerprint density at radius 1 is 1.00 bits per heavy atom.